The molecule has 1 aromatic carbocycles. The molecule has 1 aliphatic rings. The average Bonchev–Trinajstić information content (AvgIpc) is 2.63. The molecule has 1 saturated heterocycles. The number of aliphatic imine (C=N–C) groups is 1. The van der Waals surface area contributed by atoms with Gasteiger partial charge in [0.1, 0.15) is 0 Å². The number of nitrogens with one attached hydrogen (secondary N) is 1. The molecular weight excluding hydrogens is 455 g/mol. The van der Waals surface area contributed by atoms with E-state index in [0.29, 0.717) is 31.5 Å². The number of rotatable bonds is 8. The zero-order valence-electron chi connectivity index (χ0n) is 16.4. The number of primary amides is 1. The predicted molar refractivity (Wildman–Crippen MR) is 120 cm³/mol. The lowest BCUT2D eigenvalue weighted by Crippen LogP contribution is -2.48. The summed E-state index contributed by atoms with van der Waals surface area (Å²) < 4.78 is 5.81. The van der Waals surface area contributed by atoms with Crippen molar-refractivity contribution < 1.29 is 9.53 Å². The molecular formula is C20H33IN4O2. The molecule has 1 heterocycles. The van der Waals surface area contributed by atoms with Gasteiger partial charge in [-0.3, -0.25) is 9.79 Å². The Morgan fingerprint density at radius 1 is 1.41 bits per heavy atom. The molecule has 0 radical (unpaired) electrons. The zero-order chi connectivity index (χ0) is 18.8. The van der Waals surface area contributed by atoms with Crippen LogP contribution < -0.4 is 11.1 Å². The van der Waals surface area contributed by atoms with Crippen LogP contribution in [0, 0.1) is 11.8 Å². The minimum atomic E-state index is -0.219. The number of halogens is 1. The van der Waals surface area contributed by atoms with Gasteiger partial charge in [-0.1, -0.05) is 37.3 Å². The topological polar surface area (TPSA) is 80.0 Å². The monoisotopic (exact) mass is 488 g/mol. The van der Waals surface area contributed by atoms with Gasteiger partial charge < -0.3 is 20.7 Å². The summed E-state index contributed by atoms with van der Waals surface area (Å²) in [4.78, 5) is 17.8. The standard InChI is InChI=1S/C20H32N4O2.HI/c1-16(14-26-15-17-7-4-3-5-8-17)12-23-20(22-2)24-10-6-9-18(13-24)11-19(21)25;/h3-5,7-8,16,18H,6,9-15H2,1-2H3,(H2,21,25)(H,22,23);1H. The first-order valence-corrected chi connectivity index (χ1v) is 9.44. The van der Waals surface area contributed by atoms with Crippen LogP contribution >= 0.6 is 24.0 Å². The molecule has 27 heavy (non-hydrogen) atoms. The molecule has 1 aromatic rings. The summed E-state index contributed by atoms with van der Waals surface area (Å²) in [5.41, 5.74) is 6.54. The fourth-order valence-corrected chi connectivity index (χ4v) is 3.32. The fraction of sp³-hybridized carbons (Fsp3) is 0.600. The van der Waals surface area contributed by atoms with E-state index in [-0.39, 0.29) is 29.9 Å². The van der Waals surface area contributed by atoms with Gasteiger partial charge in [0.2, 0.25) is 5.91 Å². The lowest BCUT2D eigenvalue weighted by atomic mass is 9.95. The molecule has 2 rings (SSSR count). The van der Waals surface area contributed by atoms with Crippen LogP contribution in [0.4, 0.5) is 0 Å². The van der Waals surface area contributed by atoms with Crippen LogP contribution in [-0.2, 0) is 16.1 Å². The Hall–Kier alpha value is -1.35. The first kappa shape index (κ1) is 23.7. The van der Waals surface area contributed by atoms with Crippen molar-refractivity contribution in [2.75, 3.05) is 33.3 Å². The molecule has 0 saturated carbocycles. The van der Waals surface area contributed by atoms with Crippen LogP contribution in [0.15, 0.2) is 35.3 Å². The quantitative estimate of drug-likeness (QED) is 0.335. The molecule has 6 nitrogen and oxygen atoms in total. The minimum absolute atomic E-state index is 0. The maximum absolute atomic E-state index is 11.2. The Balaban J connectivity index is 0.00000364. The third-order valence-corrected chi connectivity index (χ3v) is 4.64. The molecule has 0 bridgehead atoms. The smallest absolute Gasteiger partial charge is 0.217 e. The molecule has 0 spiro atoms. The Morgan fingerprint density at radius 2 is 2.15 bits per heavy atom. The number of nitrogens with zero attached hydrogens (tertiary/aromatic N) is 2. The van der Waals surface area contributed by atoms with Gasteiger partial charge in [0.25, 0.3) is 0 Å². The number of hydrogen-bond donors (Lipinski definition) is 2. The van der Waals surface area contributed by atoms with Gasteiger partial charge >= 0.3 is 0 Å². The van der Waals surface area contributed by atoms with Crippen molar-refractivity contribution in [3.8, 4) is 0 Å². The van der Waals surface area contributed by atoms with E-state index in [2.05, 4.69) is 34.3 Å². The first-order chi connectivity index (χ1) is 12.6. The zero-order valence-corrected chi connectivity index (χ0v) is 18.7. The molecule has 1 fully saturated rings. The van der Waals surface area contributed by atoms with E-state index in [1.165, 1.54) is 5.56 Å². The number of carbonyl (C=O) groups excluding carboxylic acids is 1. The van der Waals surface area contributed by atoms with Gasteiger partial charge in [0.05, 0.1) is 13.2 Å². The number of likely N-dealkylation sites (tertiary alicyclic amines) is 1. The Kier molecular flexibility index (Phi) is 11.3. The second-order valence-corrected chi connectivity index (χ2v) is 7.16. The van der Waals surface area contributed by atoms with E-state index in [4.69, 9.17) is 10.5 Å². The predicted octanol–water partition coefficient (Wildman–Crippen LogP) is 2.62. The molecule has 7 heteroatoms. The Bertz CT molecular complexity index is 583. The number of carbonyl (C=O) groups is 1. The molecule has 152 valence electrons. The summed E-state index contributed by atoms with van der Waals surface area (Å²) in [5, 5.41) is 3.44. The van der Waals surface area contributed by atoms with Crippen LogP contribution in [0.1, 0.15) is 31.7 Å². The summed E-state index contributed by atoms with van der Waals surface area (Å²) in [6, 6.07) is 10.2. The van der Waals surface area contributed by atoms with Crippen LogP contribution in [-0.4, -0.2) is 50.1 Å². The summed E-state index contributed by atoms with van der Waals surface area (Å²) in [5.74, 6) is 1.38. The third-order valence-electron chi connectivity index (χ3n) is 4.64. The number of nitrogens with two attached hydrogens (primary N) is 1. The first-order valence-electron chi connectivity index (χ1n) is 9.44. The molecule has 0 aliphatic carbocycles. The van der Waals surface area contributed by atoms with E-state index < -0.39 is 0 Å². The lowest BCUT2D eigenvalue weighted by Gasteiger charge is -2.35. The summed E-state index contributed by atoms with van der Waals surface area (Å²) in [7, 11) is 1.80. The van der Waals surface area contributed by atoms with E-state index in [1.54, 1.807) is 7.05 Å². The highest BCUT2D eigenvalue weighted by molar-refractivity contribution is 14.0. The number of amides is 1. The van der Waals surface area contributed by atoms with Crippen LogP contribution in [0.2, 0.25) is 0 Å². The van der Waals surface area contributed by atoms with Gasteiger partial charge in [0.15, 0.2) is 5.96 Å². The van der Waals surface area contributed by atoms with Crippen molar-refractivity contribution in [3.05, 3.63) is 35.9 Å². The Labute approximate surface area is 179 Å². The molecule has 2 atom stereocenters. The van der Waals surface area contributed by atoms with E-state index in [0.717, 1.165) is 38.4 Å². The van der Waals surface area contributed by atoms with Gasteiger partial charge in [0, 0.05) is 33.1 Å². The number of ether oxygens (including phenoxy) is 1. The van der Waals surface area contributed by atoms with Crippen molar-refractivity contribution in [2.24, 2.45) is 22.6 Å². The van der Waals surface area contributed by atoms with Gasteiger partial charge in [-0.15, -0.1) is 24.0 Å². The van der Waals surface area contributed by atoms with Crippen LogP contribution in [0.5, 0.6) is 0 Å². The maximum atomic E-state index is 11.2. The second-order valence-electron chi connectivity index (χ2n) is 7.16. The SMILES string of the molecule is CN=C(NCC(C)COCc1ccccc1)N1CCCC(CC(N)=O)C1.I. The summed E-state index contributed by atoms with van der Waals surface area (Å²) >= 11 is 0. The second kappa shape index (κ2) is 12.9. The fourth-order valence-electron chi connectivity index (χ4n) is 3.32. The molecule has 1 amide bonds. The number of hydrogen-bond acceptors (Lipinski definition) is 3. The van der Waals surface area contributed by atoms with E-state index in [1.807, 2.05) is 18.2 Å². The average molecular weight is 488 g/mol. The van der Waals surface area contributed by atoms with Crippen molar-refractivity contribution in [1.82, 2.24) is 10.2 Å². The van der Waals surface area contributed by atoms with Crippen LogP contribution in [0.25, 0.3) is 0 Å². The molecule has 3 N–H and O–H groups in total. The third kappa shape index (κ3) is 8.92. The molecule has 0 aromatic heterocycles. The van der Waals surface area contributed by atoms with Gasteiger partial charge in [-0.25, -0.2) is 0 Å². The van der Waals surface area contributed by atoms with Gasteiger partial charge in [-0.2, -0.15) is 0 Å². The number of benzene rings is 1. The van der Waals surface area contributed by atoms with Gasteiger partial charge in [-0.05, 0) is 30.2 Å². The van der Waals surface area contributed by atoms with Crippen molar-refractivity contribution in [2.45, 2.75) is 32.8 Å². The maximum Gasteiger partial charge on any atom is 0.217 e. The van der Waals surface area contributed by atoms with Crippen molar-refractivity contribution in [1.29, 1.82) is 0 Å². The van der Waals surface area contributed by atoms with E-state index >= 15 is 0 Å². The van der Waals surface area contributed by atoms with Crippen molar-refractivity contribution in [3.63, 3.8) is 0 Å². The molecule has 1 aliphatic heterocycles. The van der Waals surface area contributed by atoms with Crippen molar-refractivity contribution >= 4 is 35.8 Å². The summed E-state index contributed by atoms with van der Waals surface area (Å²) in [6.45, 7) is 6.11. The largest absolute Gasteiger partial charge is 0.376 e. The lowest BCUT2D eigenvalue weighted by molar-refractivity contribution is -0.119. The van der Waals surface area contributed by atoms with Crippen LogP contribution in [0.3, 0.4) is 0 Å². The Morgan fingerprint density at radius 3 is 2.81 bits per heavy atom. The minimum Gasteiger partial charge on any atom is -0.376 e. The molecule has 2 unspecified atom stereocenters. The normalized spacial score (nSPS) is 18.5. The number of guanidine groups is 1. The highest BCUT2D eigenvalue weighted by Gasteiger charge is 2.23. The number of piperidine rings is 1. The highest BCUT2D eigenvalue weighted by atomic mass is 127. The summed E-state index contributed by atoms with van der Waals surface area (Å²) in [6.07, 6.45) is 2.58. The highest BCUT2D eigenvalue weighted by Crippen LogP contribution is 2.19. The van der Waals surface area contributed by atoms with E-state index in [9.17, 15) is 4.79 Å².